The van der Waals surface area contributed by atoms with Gasteiger partial charge in [-0.3, -0.25) is 19.2 Å². The first-order valence-corrected chi connectivity index (χ1v) is 8.22. The van der Waals surface area contributed by atoms with Crippen LogP contribution in [0, 0.1) is 0 Å². The molecule has 4 amide bonds. The van der Waals surface area contributed by atoms with Crippen molar-refractivity contribution in [1.82, 2.24) is 15.5 Å². The number of primary amides is 1. The van der Waals surface area contributed by atoms with Gasteiger partial charge in [-0.25, -0.2) is 4.79 Å². The zero-order valence-corrected chi connectivity index (χ0v) is 14.7. The molecular formula is C15H25N5O6. The molecule has 1 aliphatic heterocycles. The van der Waals surface area contributed by atoms with Crippen LogP contribution in [0.5, 0.6) is 0 Å². The summed E-state index contributed by atoms with van der Waals surface area (Å²) in [6.45, 7) is 3.04. The van der Waals surface area contributed by atoms with E-state index in [0.29, 0.717) is 12.8 Å². The van der Waals surface area contributed by atoms with Crippen molar-refractivity contribution in [3.05, 3.63) is 0 Å². The molecule has 1 heterocycles. The molecule has 0 radical (unpaired) electrons. The van der Waals surface area contributed by atoms with Crippen LogP contribution < -0.4 is 22.1 Å². The van der Waals surface area contributed by atoms with E-state index < -0.39 is 60.2 Å². The number of carboxylic acids is 1. The molecule has 4 unspecified atom stereocenters. The van der Waals surface area contributed by atoms with Crippen molar-refractivity contribution in [3.8, 4) is 0 Å². The molecule has 1 saturated heterocycles. The first-order valence-electron chi connectivity index (χ1n) is 8.22. The van der Waals surface area contributed by atoms with E-state index in [0.717, 1.165) is 4.90 Å². The Morgan fingerprint density at radius 2 is 1.77 bits per heavy atom. The summed E-state index contributed by atoms with van der Waals surface area (Å²) in [6, 6.07) is -4.15. The van der Waals surface area contributed by atoms with Gasteiger partial charge in [0.05, 0.1) is 12.5 Å². The Kier molecular flexibility index (Phi) is 7.50. The van der Waals surface area contributed by atoms with Gasteiger partial charge < -0.3 is 32.1 Å². The van der Waals surface area contributed by atoms with Gasteiger partial charge in [0, 0.05) is 6.54 Å². The SMILES string of the molecule is CC(N)C(=O)NC(C)C(=O)NC(CC(N)=O)C(=O)N1CCCC1C(=O)O. The van der Waals surface area contributed by atoms with Crippen LogP contribution in [0.4, 0.5) is 0 Å². The lowest BCUT2D eigenvalue weighted by atomic mass is 10.1. The van der Waals surface area contributed by atoms with E-state index >= 15 is 0 Å². The summed E-state index contributed by atoms with van der Waals surface area (Å²) >= 11 is 0. The van der Waals surface area contributed by atoms with Gasteiger partial charge in [0.15, 0.2) is 0 Å². The molecule has 146 valence electrons. The zero-order chi connectivity index (χ0) is 20.0. The van der Waals surface area contributed by atoms with Crippen LogP contribution in [0.1, 0.15) is 33.1 Å². The molecule has 11 nitrogen and oxygen atoms in total. The molecule has 0 aromatic heterocycles. The molecule has 1 fully saturated rings. The van der Waals surface area contributed by atoms with Gasteiger partial charge in [0.1, 0.15) is 18.1 Å². The molecule has 1 aliphatic rings. The van der Waals surface area contributed by atoms with E-state index in [1.807, 2.05) is 0 Å². The molecule has 0 spiro atoms. The van der Waals surface area contributed by atoms with E-state index in [-0.39, 0.29) is 6.54 Å². The Bertz CT molecular complexity index is 593. The summed E-state index contributed by atoms with van der Waals surface area (Å²) in [5.41, 5.74) is 10.5. The highest BCUT2D eigenvalue weighted by molar-refractivity contribution is 5.96. The third-order valence-corrected chi connectivity index (χ3v) is 4.01. The fraction of sp³-hybridized carbons (Fsp3) is 0.667. The predicted octanol–water partition coefficient (Wildman–Crippen LogP) is -2.73. The number of carbonyl (C=O) groups is 5. The maximum absolute atomic E-state index is 12.6. The number of carbonyl (C=O) groups excluding carboxylic acids is 4. The second kappa shape index (κ2) is 9.13. The summed E-state index contributed by atoms with van der Waals surface area (Å²) in [5, 5.41) is 13.9. The van der Waals surface area contributed by atoms with Crippen molar-refractivity contribution in [2.24, 2.45) is 11.5 Å². The van der Waals surface area contributed by atoms with E-state index in [4.69, 9.17) is 11.5 Å². The summed E-state index contributed by atoms with van der Waals surface area (Å²) < 4.78 is 0. The number of nitrogens with zero attached hydrogens (tertiary/aromatic N) is 1. The van der Waals surface area contributed by atoms with Gasteiger partial charge in [-0.05, 0) is 26.7 Å². The first-order chi connectivity index (χ1) is 12.0. The maximum Gasteiger partial charge on any atom is 0.326 e. The van der Waals surface area contributed by atoms with Crippen molar-refractivity contribution in [2.45, 2.75) is 57.3 Å². The van der Waals surface area contributed by atoms with Crippen molar-refractivity contribution in [2.75, 3.05) is 6.54 Å². The first kappa shape index (κ1) is 21.4. The standard InChI is InChI=1S/C15H25N5O6/c1-7(16)12(22)18-8(2)13(23)19-9(6-11(17)21)14(24)20-5-3-4-10(20)15(25)26/h7-10H,3-6,16H2,1-2H3,(H2,17,21)(H,18,22)(H,19,23)(H,25,26). The second-order valence-electron chi connectivity index (χ2n) is 6.28. The van der Waals surface area contributed by atoms with Crippen LogP contribution >= 0.6 is 0 Å². The normalized spacial score (nSPS) is 20.0. The number of hydrogen-bond acceptors (Lipinski definition) is 6. The highest BCUT2D eigenvalue weighted by Crippen LogP contribution is 2.19. The number of carboxylic acid groups (broad SMARTS) is 1. The fourth-order valence-corrected chi connectivity index (χ4v) is 2.60. The molecule has 0 aromatic carbocycles. The number of nitrogens with two attached hydrogens (primary N) is 2. The average molecular weight is 371 g/mol. The summed E-state index contributed by atoms with van der Waals surface area (Å²) in [7, 11) is 0. The van der Waals surface area contributed by atoms with Crippen molar-refractivity contribution < 1.29 is 29.1 Å². The molecule has 0 bridgehead atoms. The molecule has 1 rings (SSSR count). The number of aliphatic carboxylic acids is 1. The lowest BCUT2D eigenvalue weighted by molar-refractivity contribution is -0.149. The van der Waals surface area contributed by atoms with Gasteiger partial charge in [0.2, 0.25) is 23.6 Å². The Balaban J connectivity index is 2.84. The van der Waals surface area contributed by atoms with E-state index in [1.54, 1.807) is 0 Å². The van der Waals surface area contributed by atoms with Crippen LogP contribution in [0.3, 0.4) is 0 Å². The van der Waals surface area contributed by atoms with Crippen LogP contribution in [-0.2, 0) is 24.0 Å². The lowest BCUT2D eigenvalue weighted by Crippen LogP contribution is -2.56. The second-order valence-corrected chi connectivity index (χ2v) is 6.28. The quantitative estimate of drug-likeness (QED) is 0.306. The molecule has 0 saturated carbocycles. The summed E-state index contributed by atoms with van der Waals surface area (Å²) in [6.07, 6.45) is 0.307. The van der Waals surface area contributed by atoms with Crippen LogP contribution in [0.25, 0.3) is 0 Å². The largest absolute Gasteiger partial charge is 0.480 e. The average Bonchev–Trinajstić information content (AvgIpc) is 3.02. The lowest BCUT2D eigenvalue weighted by Gasteiger charge is -2.27. The van der Waals surface area contributed by atoms with Gasteiger partial charge in [-0.15, -0.1) is 0 Å². The molecule has 0 aliphatic carbocycles. The van der Waals surface area contributed by atoms with Gasteiger partial charge in [0.25, 0.3) is 0 Å². The molecular weight excluding hydrogens is 346 g/mol. The smallest absolute Gasteiger partial charge is 0.326 e. The van der Waals surface area contributed by atoms with Gasteiger partial charge in [-0.2, -0.15) is 0 Å². The number of nitrogens with one attached hydrogen (secondary N) is 2. The van der Waals surface area contributed by atoms with Crippen LogP contribution in [-0.4, -0.2) is 70.3 Å². The predicted molar refractivity (Wildman–Crippen MR) is 89.4 cm³/mol. The molecule has 26 heavy (non-hydrogen) atoms. The van der Waals surface area contributed by atoms with Gasteiger partial charge >= 0.3 is 5.97 Å². The minimum Gasteiger partial charge on any atom is -0.480 e. The molecule has 11 heteroatoms. The Morgan fingerprint density at radius 1 is 1.15 bits per heavy atom. The minimum atomic E-state index is -1.31. The van der Waals surface area contributed by atoms with E-state index in [1.165, 1.54) is 13.8 Å². The van der Waals surface area contributed by atoms with Gasteiger partial charge in [-0.1, -0.05) is 0 Å². The summed E-state index contributed by atoms with van der Waals surface area (Å²) in [5.74, 6) is -3.96. The fourth-order valence-electron chi connectivity index (χ4n) is 2.60. The highest BCUT2D eigenvalue weighted by Gasteiger charge is 2.38. The molecule has 4 atom stereocenters. The number of amides is 4. The Labute approximate surface area is 150 Å². The van der Waals surface area contributed by atoms with Crippen LogP contribution in [0.15, 0.2) is 0 Å². The zero-order valence-electron chi connectivity index (χ0n) is 14.7. The highest BCUT2D eigenvalue weighted by atomic mass is 16.4. The molecule has 7 N–H and O–H groups in total. The third kappa shape index (κ3) is 5.69. The minimum absolute atomic E-state index is 0.206. The van der Waals surface area contributed by atoms with Crippen molar-refractivity contribution >= 4 is 29.6 Å². The van der Waals surface area contributed by atoms with E-state index in [9.17, 15) is 29.1 Å². The number of likely N-dealkylation sites (tertiary alicyclic amines) is 1. The van der Waals surface area contributed by atoms with Crippen LogP contribution in [0.2, 0.25) is 0 Å². The van der Waals surface area contributed by atoms with E-state index in [2.05, 4.69) is 10.6 Å². The Hall–Kier alpha value is -2.69. The monoisotopic (exact) mass is 371 g/mol. The number of rotatable bonds is 8. The third-order valence-electron chi connectivity index (χ3n) is 4.01. The van der Waals surface area contributed by atoms with Crippen molar-refractivity contribution in [3.63, 3.8) is 0 Å². The van der Waals surface area contributed by atoms with Crippen molar-refractivity contribution in [1.29, 1.82) is 0 Å². The topological polar surface area (TPSA) is 185 Å². The Morgan fingerprint density at radius 3 is 2.27 bits per heavy atom. The molecule has 0 aromatic rings. The summed E-state index contributed by atoms with van der Waals surface area (Å²) in [4.78, 5) is 60.0. The number of hydrogen-bond donors (Lipinski definition) is 5. The maximum atomic E-state index is 12.6.